The zero-order valence-electron chi connectivity index (χ0n) is 14.8. The Labute approximate surface area is 158 Å². The summed E-state index contributed by atoms with van der Waals surface area (Å²) in [5.74, 6) is -0.436. The molecule has 2 aromatic rings. The van der Waals surface area contributed by atoms with Crippen LogP contribution in [0.15, 0.2) is 29.3 Å². The maximum absolute atomic E-state index is 13.3. The van der Waals surface area contributed by atoms with Crippen LogP contribution in [-0.4, -0.2) is 53.6 Å². The molecular formula is C17H22ClFN4O2S. The van der Waals surface area contributed by atoms with Crippen molar-refractivity contribution in [2.45, 2.75) is 31.8 Å². The maximum atomic E-state index is 13.3. The Bertz CT molecular complexity index is 892. The summed E-state index contributed by atoms with van der Waals surface area (Å²) >= 11 is 5.82. The minimum Gasteiger partial charge on any atom is -0.296 e. The molecule has 2 heterocycles. The molecule has 1 aromatic carbocycles. The summed E-state index contributed by atoms with van der Waals surface area (Å²) in [4.78, 5) is 2.41. The molecule has 3 rings (SSSR count). The molecule has 1 saturated heterocycles. The van der Waals surface area contributed by atoms with Gasteiger partial charge in [0, 0.05) is 45.5 Å². The standard InChI is InChI=1S/C17H22ClFN4O2S/c1-3-22-12-17(13(2)20-22)26(24,25)23-8-6-21(7-9-23)11-14-4-5-16(19)15(18)10-14/h4-5,10,12H,3,6-9,11H2,1-2H3. The predicted octanol–water partition coefficient (Wildman–Crippen LogP) is 2.51. The Balaban J connectivity index is 1.65. The molecule has 0 saturated carbocycles. The molecule has 1 aliphatic rings. The molecule has 0 atom stereocenters. The van der Waals surface area contributed by atoms with Crippen molar-refractivity contribution in [3.63, 3.8) is 0 Å². The Hall–Kier alpha value is -1.48. The number of halogens is 2. The van der Waals surface area contributed by atoms with Crippen LogP contribution in [-0.2, 0) is 23.1 Å². The third-order valence-electron chi connectivity index (χ3n) is 4.56. The van der Waals surface area contributed by atoms with E-state index in [4.69, 9.17) is 11.6 Å². The van der Waals surface area contributed by atoms with Gasteiger partial charge < -0.3 is 0 Å². The monoisotopic (exact) mass is 400 g/mol. The van der Waals surface area contributed by atoms with Crippen molar-refractivity contribution in [2.75, 3.05) is 26.2 Å². The molecule has 0 N–H and O–H groups in total. The lowest BCUT2D eigenvalue weighted by Gasteiger charge is -2.33. The van der Waals surface area contributed by atoms with E-state index in [0.29, 0.717) is 45.0 Å². The molecule has 0 radical (unpaired) electrons. The van der Waals surface area contributed by atoms with Crippen LogP contribution in [0.1, 0.15) is 18.2 Å². The molecule has 1 aromatic heterocycles. The largest absolute Gasteiger partial charge is 0.296 e. The highest BCUT2D eigenvalue weighted by Crippen LogP contribution is 2.22. The molecule has 0 unspecified atom stereocenters. The Morgan fingerprint density at radius 1 is 1.23 bits per heavy atom. The minimum atomic E-state index is -3.54. The lowest BCUT2D eigenvalue weighted by Crippen LogP contribution is -2.48. The number of sulfonamides is 1. The van der Waals surface area contributed by atoms with E-state index in [-0.39, 0.29) is 9.92 Å². The van der Waals surface area contributed by atoms with Gasteiger partial charge in [-0.1, -0.05) is 17.7 Å². The number of benzene rings is 1. The molecule has 0 spiro atoms. The van der Waals surface area contributed by atoms with Crippen LogP contribution in [0.2, 0.25) is 5.02 Å². The third-order valence-corrected chi connectivity index (χ3v) is 6.86. The van der Waals surface area contributed by atoms with Gasteiger partial charge in [-0.25, -0.2) is 12.8 Å². The highest BCUT2D eigenvalue weighted by atomic mass is 35.5. The molecule has 0 aliphatic carbocycles. The van der Waals surface area contributed by atoms with E-state index < -0.39 is 15.8 Å². The van der Waals surface area contributed by atoms with Gasteiger partial charge in [0.15, 0.2) is 0 Å². The average Bonchev–Trinajstić information content (AvgIpc) is 3.00. The van der Waals surface area contributed by atoms with Crippen molar-refractivity contribution < 1.29 is 12.8 Å². The molecule has 1 fully saturated rings. The van der Waals surface area contributed by atoms with E-state index in [1.165, 1.54) is 10.4 Å². The van der Waals surface area contributed by atoms with Crippen molar-refractivity contribution in [1.82, 2.24) is 19.0 Å². The van der Waals surface area contributed by atoms with Crippen LogP contribution in [0.3, 0.4) is 0 Å². The average molecular weight is 401 g/mol. The Kier molecular flexibility index (Phi) is 5.67. The maximum Gasteiger partial charge on any atom is 0.246 e. The summed E-state index contributed by atoms with van der Waals surface area (Å²) in [6.07, 6.45) is 1.59. The fraction of sp³-hybridized carbons (Fsp3) is 0.471. The Morgan fingerprint density at radius 3 is 2.50 bits per heavy atom. The second-order valence-corrected chi connectivity index (χ2v) is 8.68. The van der Waals surface area contributed by atoms with Gasteiger partial charge in [0.05, 0.1) is 10.7 Å². The smallest absolute Gasteiger partial charge is 0.246 e. The molecule has 26 heavy (non-hydrogen) atoms. The highest BCUT2D eigenvalue weighted by Gasteiger charge is 2.31. The van der Waals surface area contributed by atoms with E-state index in [9.17, 15) is 12.8 Å². The summed E-state index contributed by atoms with van der Waals surface area (Å²) in [6, 6.07) is 4.67. The number of aromatic nitrogens is 2. The van der Waals surface area contributed by atoms with Crippen LogP contribution in [0.5, 0.6) is 0 Å². The SMILES string of the molecule is CCn1cc(S(=O)(=O)N2CCN(Cc3ccc(F)c(Cl)c3)CC2)c(C)n1. The summed E-state index contributed by atoms with van der Waals surface area (Å²) in [6.45, 7) is 6.91. The summed E-state index contributed by atoms with van der Waals surface area (Å²) in [7, 11) is -3.54. The van der Waals surface area contributed by atoms with E-state index in [2.05, 4.69) is 10.00 Å². The number of hydrogen-bond donors (Lipinski definition) is 0. The summed E-state index contributed by atoms with van der Waals surface area (Å²) in [5.41, 5.74) is 1.43. The molecule has 0 bridgehead atoms. The number of nitrogens with zero attached hydrogens (tertiary/aromatic N) is 4. The van der Waals surface area contributed by atoms with E-state index in [0.717, 1.165) is 5.56 Å². The lowest BCUT2D eigenvalue weighted by atomic mass is 10.2. The lowest BCUT2D eigenvalue weighted by molar-refractivity contribution is 0.181. The van der Waals surface area contributed by atoms with Gasteiger partial charge in [-0.15, -0.1) is 0 Å². The molecule has 142 valence electrons. The zero-order chi connectivity index (χ0) is 18.9. The first-order valence-corrected chi connectivity index (χ1v) is 10.3. The van der Waals surface area contributed by atoms with Gasteiger partial charge in [-0.2, -0.15) is 9.40 Å². The number of aryl methyl sites for hydroxylation is 2. The predicted molar refractivity (Wildman–Crippen MR) is 98.1 cm³/mol. The highest BCUT2D eigenvalue weighted by molar-refractivity contribution is 7.89. The van der Waals surface area contributed by atoms with E-state index in [1.807, 2.05) is 6.92 Å². The van der Waals surface area contributed by atoms with Crippen LogP contribution in [0.25, 0.3) is 0 Å². The first kappa shape index (κ1) is 19.3. The van der Waals surface area contributed by atoms with Gasteiger partial charge in [-0.3, -0.25) is 9.58 Å². The molecule has 1 aliphatic heterocycles. The summed E-state index contributed by atoms with van der Waals surface area (Å²) < 4.78 is 42.2. The molecule has 6 nitrogen and oxygen atoms in total. The van der Waals surface area contributed by atoms with Gasteiger partial charge in [0.25, 0.3) is 0 Å². The van der Waals surface area contributed by atoms with Crippen molar-refractivity contribution >= 4 is 21.6 Å². The number of hydrogen-bond acceptors (Lipinski definition) is 4. The topological polar surface area (TPSA) is 58.4 Å². The van der Waals surface area contributed by atoms with Crippen LogP contribution in [0, 0.1) is 12.7 Å². The van der Waals surface area contributed by atoms with Crippen LogP contribution >= 0.6 is 11.6 Å². The third kappa shape index (κ3) is 3.93. The van der Waals surface area contributed by atoms with E-state index in [1.54, 1.807) is 29.9 Å². The fourth-order valence-electron chi connectivity index (χ4n) is 3.08. The normalized spacial score (nSPS) is 16.9. The van der Waals surface area contributed by atoms with Crippen molar-refractivity contribution in [2.24, 2.45) is 0 Å². The summed E-state index contributed by atoms with van der Waals surface area (Å²) in [5, 5.41) is 4.34. The minimum absolute atomic E-state index is 0.104. The van der Waals surface area contributed by atoms with Crippen molar-refractivity contribution in [3.05, 3.63) is 46.5 Å². The molecule has 9 heteroatoms. The zero-order valence-corrected chi connectivity index (χ0v) is 16.4. The van der Waals surface area contributed by atoms with Gasteiger partial charge in [0.2, 0.25) is 10.0 Å². The second-order valence-electron chi connectivity index (χ2n) is 6.36. The van der Waals surface area contributed by atoms with Crippen molar-refractivity contribution in [3.8, 4) is 0 Å². The van der Waals surface area contributed by atoms with E-state index >= 15 is 0 Å². The first-order valence-electron chi connectivity index (χ1n) is 8.51. The second kappa shape index (κ2) is 7.64. The van der Waals surface area contributed by atoms with Gasteiger partial charge in [-0.05, 0) is 31.5 Å². The number of piperazine rings is 1. The van der Waals surface area contributed by atoms with Gasteiger partial charge >= 0.3 is 0 Å². The fourth-order valence-corrected chi connectivity index (χ4v) is 4.87. The van der Waals surface area contributed by atoms with Crippen LogP contribution in [0.4, 0.5) is 4.39 Å². The molecular weight excluding hydrogens is 379 g/mol. The first-order chi connectivity index (χ1) is 12.3. The Morgan fingerprint density at radius 2 is 1.92 bits per heavy atom. The quantitative estimate of drug-likeness (QED) is 0.773. The number of rotatable bonds is 5. The molecule has 0 amide bonds. The van der Waals surface area contributed by atoms with Gasteiger partial charge in [0.1, 0.15) is 10.7 Å². The van der Waals surface area contributed by atoms with Crippen LogP contribution < -0.4 is 0 Å². The van der Waals surface area contributed by atoms with Crippen molar-refractivity contribution in [1.29, 1.82) is 0 Å².